The molecule has 1 fully saturated rings. The highest BCUT2D eigenvalue weighted by Gasteiger charge is 2.44. The molecule has 156 valence electrons. The van der Waals surface area contributed by atoms with Crippen molar-refractivity contribution in [3.05, 3.63) is 71.8 Å². The summed E-state index contributed by atoms with van der Waals surface area (Å²) in [6.07, 6.45) is -1.04. The fourth-order valence-electron chi connectivity index (χ4n) is 3.05. The van der Waals surface area contributed by atoms with Crippen LogP contribution in [0.15, 0.2) is 60.7 Å². The van der Waals surface area contributed by atoms with E-state index in [9.17, 15) is 9.90 Å². The SMILES string of the molecule is CC1(C)OC[C@H](COP(OCc2ccccc2)OCc2ccccc2)N1C(=O)O. The van der Waals surface area contributed by atoms with Gasteiger partial charge in [-0.2, -0.15) is 0 Å². The number of benzene rings is 2. The van der Waals surface area contributed by atoms with E-state index in [-0.39, 0.29) is 13.2 Å². The van der Waals surface area contributed by atoms with Gasteiger partial charge < -0.3 is 23.4 Å². The molecule has 8 heteroatoms. The van der Waals surface area contributed by atoms with Crippen LogP contribution in [0, 0.1) is 0 Å². The van der Waals surface area contributed by atoms with E-state index in [1.807, 2.05) is 60.7 Å². The zero-order valence-corrected chi connectivity index (χ0v) is 17.5. The van der Waals surface area contributed by atoms with Crippen molar-refractivity contribution in [2.75, 3.05) is 13.2 Å². The predicted molar refractivity (Wildman–Crippen MR) is 109 cm³/mol. The highest BCUT2D eigenvalue weighted by atomic mass is 31.2. The number of hydrogen-bond donors (Lipinski definition) is 1. The molecule has 1 aliphatic rings. The van der Waals surface area contributed by atoms with Gasteiger partial charge in [-0.25, -0.2) is 4.79 Å². The third-order valence-corrected chi connectivity index (χ3v) is 5.55. The van der Waals surface area contributed by atoms with E-state index in [1.165, 1.54) is 4.90 Å². The number of amides is 1. The largest absolute Gasteiger partial charge is 0.465 e. The van der Waals surface area contributed by atoms with Gasteiger partial charge in [-0.3, -0.25) is 4.90 Å². The third-order valence-electron chi connectivity index (χ3n) is 4.51. The van der Waals surface area contributed by atoms with E-state index in [2.05, 4.69) is 0 Å². The van der Waals surface area contributed by atoms with Gasteiger partial charge in [0.2, 0.25) is 0 Å². The van der Waals surface area contributed by atoms with E-state index in [0.717, 1.165) is 11.1 Å². The van der Waals surface area contributed by atoms with Crippen LogP contribution in [0.2, 0.25) is 0 Å². The zero-order valence-electron chi connectivity index (χ0n) is 16.6. The minimum Gasteiger partial charge on any atom is -0.465 e. The Hall–Kier alpha value is -2.02. The Morgan fingerprint density at radius 3 is 2.03 bits per heavy atom. The highest BCUT2D eigenvalue weighted by molar-refractivity contribution is 7.41. The molecule has 0 spiro atoms. The lowest BCUT2D eigenvalue weighted by atomic mass is 10.2. The summed E-state index contributed by atoms with van der Waals surface area (Å²) in [7, 11) is -1.67. The maximum absolute atomic E-state index is 11.6. The second-order valence-corrected chi connectivity index (χ2v) is 8.32. The molecule has 1 heterocycles. The van der Waals surface area contributed by atoms with Crippen molar-refractivity contribution in [3.8, 4) is 0 Å². The molecule has 29 heavy (non-hydrogen) atoms. The first-order valence-corrected chi connectivity index (χ1v) is 10.5. The number of hydrogen-bond acceptors (Lipinski definition) is 5. The lowest BCUT2D eigenvalue weighted by molar-refractivity contribution is -0.0432. The van der Waals surface area contributed by atoms with Crippen LogP contribution in [0.5, 0.6) is 0 Å². The molecule has 0 saturated carbocycles. The lowest BCUT2D eigenvalue weighted by Crippen LogP contribution is -2.48. The van der Waals surface area contributed by atoms with Gasteiger partial charge in [0.15, 0.2) is 0 Å². The van der Waals surface area contributed by atoms with Gasteiger partial charge in [-0.1, -0.05) is 60.7 Å². The smallest absolute Gasteiger partial charge is 0.409 e. The molecule has 1 atom stereocenters. The van der Waals surface area contributed by atoms with Gasteiger partial charge in [0, 0.05) is 0 Å². The maximum Gasteiger partial charge on any atom is 0.409 e. The highest BCUT2D eigenvalue weighted by Crippen LogP contribution is 2.42. The van der Waals surface area contributed by atoms with E-state index in [4.69, 9.17) is 18.3 Å². The summed E-state index contributed by atoms with van der Waals surface area (Å²) in [6, 6.07) is 19.1. The fraction of sp³-hybridized carbons (Fsp3) is 0.381. The second-order valence-electron chi connectivity index (χ2n) is 7.10. The van der Waals surface area contributed by atoms with Crippen LogP contribution in [0.3, 0.4) is 0 Å². The average molecular weight is 419 g/mol. The van der Waals surface area contributed by atoms with Gasteiger partial charge in [0.25, 0.3) is 0 Å². The number of nitrogens with zero attached hydrogens (tertiary/aromatic N) is 1. The van der Waals surface area contributed by atoms with Gasteiger partial charge in [0.05, 0.1) is 32.5 Å². The van der Waals surface area contributed by atoms with Gasteiger partial charge in [-0.15, -0.1) is 0 Å². The van der Waals surface area contributed by atoms with Crippen LogP contribution < -0.4 is 0 Å². The summed E-state index contributed by atoms with van der Waals surface area (Å²) >= 11 is 0. The summed E-state index contributed by atoms with van der Waals surface area (Å²) < 4.78 is 23.2. The minimum atomic E-state index is -1.67. The Balaban J connectivity index is 1.60. The Morgan fingerprint density at radius 2 is 1.55 bits per heavy atom. The molecule has 2 aromatic rings. The standard InChI is InChI=1S/C21H26NO6P/c1-21(2)22(20(23)24)19(15-25-21)16-28-29(26-13-17-9-5-3-6-10-17)27-14-18-11-7-4-8-12-18/h3-12,19H,13-16H2,1-2H3,(H,23,24)/t19-/m1/s1. The monoisotopic (exact) mass is 419 g/mol. The average Bonchev–Trinajstić information content (AvgIpc) is 3.03. The normalized spacial score (nSPS) is 18.3. The van der Waals surface area contributed by atoms with E-state index >= 15 is 0 Å². The van der Waals surface area contributed by atoms with E-state index in [0.29, 0.717) is 13.2 Å². The van der Waals surface area contributed by atoms with Crippen LogP contribution in [-0.2, 0) is 31.5 Å². The summed E-state index contributed by atoms with van der Waals surface area (Å²) in [5.74, 6) is 0. The van der Waals surface area contributed by atoms with Crippen LogP contribution in [0.4, 0.5) is 4.79 Å². The Kier molecular flexibility index (Phi) is 7.58. The van der Waals surface area contributed by atoms with Crippen molar-refractivity contribution < 1.29 is 28.2 Å². The van der Waals surface area contributed by atoms with E-state index < -0.39 is 26.5 Å². The first kappa shape index (κ1) is 21.7. The van der Waals surface area contributed by atoms with Crippen LogP contribution in [-0.4, -0.2) is 41.1 Å². The molecule has 1 amide bonds. The molecular formula is C21H26NO6P. The van der Waals surface area contributed by atoms with Crippen LogP contribution in [0.1, 0.15) is 25.0 Å². The van der Waals surface area contributed by atoms with Crippen molar-refractivity contribution in [1.82, 2.24) is 4.90 Å². The predicted octanol–water partition coefficient (Wildman–Crippen LogP) is 4.78. The Morgan fingerprint density at radius 1 is 1.03 bits per heavy atom. The quantitative estimate of drug-likeness (QED) is 0.590. The number of carboxylic acid groups (broad SMARTS) is 1. The molecule has 0 aliphatic carbocycles. The van der Waals surface area contributed by atoms with Crippen molar-refractivity contribution in [2.45, 2.75) is 38.8 Å². The van der Waals surface area contributed by atoms with Gasteiger partial charge >= 0.3 is 14.7 Å². The molecular weight excluding hydrogens is 393 g/mol. The van der Waals surface area contributed by atoms with Crippen LogP contribution >= 0.6 is 8.60 Å². The molecule has 0 radical (unpaired) electrons. The second kappa shape index (κ2) is 10.1. The molecule has 1 N–H and O–H groups in total. The number of carbonyl (C=O) groups is 1. The molecule has 1 aliphatic heterocycles. The van der Waals surface area contributed by atoms with Crippen molar-refractivity contribution >= 4 is 14.7 Å². The molecule has 0 aromatic heterocycles. The first-order chi connectivity index (χ1) is 14.0. The molecule has 3 rings (SSSR count). The molecule has 0 bridgehead atoms. The molecule has 7 nitrogen and oxygen atoms in total. The molecule has 2 aromatic carbocycles. The minimum absolute atomic E-state index is 0.130. The maximum atomic E-state index is 11.6. The summed E-state index contributed by atoms with van der Waals surface area (Å²) in [6.45, 7) is 4.53. The van der Waals surface area contributed by atoms with E-state index in [1.54, 1.807) is 13.8 Å². The topological polar surface area (TPSA) is 77.5 Å². The summed E-state index contributed by atoms with van der Waals surface area (Å²) in [5, 5.41) is 9.52. The van der Waals surface area contributed by atoms with Crippen LogP contribution in [0.25, 0.3) is 0 Å². The van der Waals surface area contributed by atoms with Crippen molar-refractivity contribution in [3.63, 3.8) is 0 Å². The fourth-order valence-corrected chi connectivity index (χ4v) is 4.08. The molecule has 0 unspecified atom stereocenters. The van der Waals surface area contributed by atoms with Gasteiger partial charge in [-0.05, 0) is 25.0 Å². The summed E-state index contributed by atoms with van der Waals surface area (Å²) in [4.78, 5) is 12.9. The van der Waals surface area contributed by atoms with Gasteiger partial charge in [0.1, 0.15) is 5.72 Å². The third kappa shape index (κ3) is 6.23. The zero-order chi connectivity index (χ0) is 20.7. The number of ether oxygens (including phenoxy) is 1. The lowest BCUT2D eigenvalue weighted by Gasteiger charge is -2.31. The Labute approximate surface area is 172 Å². The Bertz CT molecular complexity index is 730. The first-order valence-electron chi connectivity index (χ1n) is 9.38. The molecule has 1 saturated heterocycles. The number of rotatable bonds is 9. The summed E-state index contributed by atoms with van der Waals surface area (Å²) in [5.41, 5.74) is 1.12. The van der Waals surface area contributed by atoms with Crippen molar-refractivity contribution in [2.24, 2.45) is 0 Å². The van der Waals surface area contributed by atoms with Crippen molar-refractivity contribution in [1.29, 1.82) is 0 Å².